The van der Waals surface area contributed by atoms with Crippen molar-refractivity contribution in [2.45, 2.75) is 0 Å². The largest absolute Gasteiger partial charge is 0.376 e. The average Bonchev–Trinajstić information content (AvgIpc) is 2.33. The molecular weight excluding hydrogens is 277 g/mol. The average molecular weight is 290 g/mol. The van der Waals surface area contributed by atoms with Crippen molar-refractivity contribution in [3.63, 3.8) is 0 Å². The summed E-state index contributed by atoms with van der Waals surface area (Å²) in [7, 11) is 0. The van der Waals surface area contributed by atoms with Gasteiger partial charge in [-0.15, -0.1) is 0 Å². The third kappa shape index (κ3) is 2.76. The van der Waals surface area contributed by atoms with E-state index in [0.29, 0.717) is 15.2 Å². The van der Waals surface area contributed by atoms with E-state index in [1.165, 1.54) is 0 Å². The summed E-state index contributed by atoms with van der Waals surface area (Å²) in [5.74, 6) is 0. The Hall–Kier alpha value is -0.710. The van der Waals surface area contributed by atoms with Crippen LogP contribution < -0.4 is 10.6 Å². The van der Waals surface area contributed by atoms with E-state index in [2.05, 4.69) is 4.90 Å². The molecule has 1 aliphatic heterocycles. The number of rotatable bonds is 1. The van der Waals surface area contributed by atoms with Gasteiger partial charge < -0.3 is 15.5 Å². The SMILES string of the molecule is NC(=S)N1CCN(c2cccc(Cl)c2Cl)CC1. The molecule has 0 aromatic heterocycles. The van der Waals surface area contributed by atoms with Crippen molar-refractivity contribution in [3.8, 4) is 0 Å². The van der Waals surface area contributed by atoms with Gasteiger partial charge in [0, 0.05) is 26.2 Å². The van der Waals surface area contributed by atoms with Crippen LogP contribution in [0.25, 0.3) is 0 Å². The first-order valence-electron chi connectivity index (χ1n) is 5.33. The van der Waals surface area contributed by atoms with E-state index in [-0.39, 0.29) is 0 Å². The highest BCUT2D eigenvalue weighted by atomic mass is 35.5. The first kappa shape index (κ1) is 12.7. The van der Waals surface area contributed by atoms with Crippen LogP contribution in [0.2, 0.25) is 10.0 Å². The van der Waals surface area contributed by atoms with Gasteiger partial charge in [-0.3, -0.25) is 0 Å². The van der Waals surface area contributed by atoms with Crippen LogP contribution in [-0.4, -0.2) is 36.2 Å². The highest BCUT2D eigenvalue weighted by Crippen LogP contribution is 2.32. The molecule has 0 amide bonds. The molecule has 92 valence electrons. The zero-order valence-corrected chi connectivity index (χ0v) is 11.5. The lowest BCUT2D eigenvalue weighted by molar-refractivity contribution is 0.388. The highest BCUT2D eigenvalue weighted by Gasteiger charge is 2.19. The number of halogens is 2. The van der Waals surface area contributed by atoms with Crippen molar-refractivity contribution in [1.29, 1.82) is 0 Å². The summed E-state index contributed by atoms with van der Waals surface area (Å²) in [5.41, 5.74) is 6.57. The lowest BCUT2D eigenvalue weighted by Crippen LogP contribution is -2.50. The lowest BCUT2D eigenvalue weighted by Gasteiger charge is -2.36. The summed E-state index contributed by atoms with van der Waals surface area (Å²) in [6, 6.07) is 5.67. The molecule has 0 spiro atoms. The lowest BCUT2D eigenvalue weighted by atomic mass is 10.2. The van der Waals surface area contributed by atoms with E-state index in [4.69, 9.17) is 41.2 Å². The standard InChI is InChI=1S/C11H13Cl2N3S/c12-8-2-1-3-9(10(8)13)15-4-6-16(7-5-15)11(14)17/h1-3H,4-7H2,(H2,14,17). The van der Waals surface area contributed by atoms with Crippen LogP contribution in [0, 0.1) is 0 Å². The van der Waals surface area contributed by atoms with Crippen molar-refractivity contribution >= 4 is 46.2 Å². The maximum absolute atomic E-state index is 6.19. The molecule has 0 unspecified atom stereocenters. The molecular formula is C11H13Cl2N3S. The van der Waals surface area contributed by atoms with Crippen LogP contribution in [0.15, 0.2) is 18.2 Å². The summed E-state index contributed by atoms with van der Waals surface area (Å²) in [5, 5.41) is 1.65. The summed E-state index contributed by atoms with van der Waals surface area (Å²) < 4.78 is 0. The Bertz CT molecular complexity index is 431. The Morgan fingerprint density at radius 1 is 1.18 bits per heavy atom. The van der Waals surface area contributed by atoms with E-state index < -0.39 is 0 Å². The van der Waals surface area contributed by atoms with Crippen molar-refractivity contribution in [2.24, 2.45) is 5.73 Å². The van der Waals surface area contributed by atoms with E-state index >= 15 is 0 Å². The van der Waals surface area contributed by atoms with E-state index in [0.717, 1.165) is 31.9 Å². The number of thiocarbonyl (C=S) groups is 1. The number of nitrogens with zero attached hydrogens (tertiary/aromatic N) is 2. The second-order valence-electron chi connectivity index (χ2n) is 3.89. The third-order valence-corrected chi connectivity index (χ3v) is 3.93. The molecule has 1 saturated heterocycles. The molecule has 2 N–H and O–H groups in total. The maximum Gasteiger partial charge on any atom is 0.166 e. The fourth-order valence-corrected chi connectivity index (χ4v) is 2.50. The molecule has 2 rings (SSSR count). The fraction of sp³-hybridized carbons (Fsp3) is 0.364. The van der Waals surface area contributed by atoms with Gasteiger partial charge in [0.1, 0.15) is 0 Å². The van der Waals surface area contributed by atoms with Crippen LogP contribution in [-0.2, 0) is 0 Å². The molecule has 0 atom stereocenters. The number of piperazine rings is 1. The van der Waals surface area contributed by atoms with Crippen LogP contribution in [0.3, 0.4) is 0 Å². The summed E-state index contributed by atoms with van der Waals surface area (Å²) in [4.78, 5) is 4.19. The molecule has 3 nitrogen and oxygen atoms in total. The zero-order chi connectivity index (χ0) is 12.4. The molecule has 1 aromatic rings. The van der Waals surface area contributed by atoms with Gasteiger partial charge in [0.05, 0.1) is 15.7 Å². The van der Waals surface area contributed by atoms with E-state index in [1.54, 1.807) is 6.07 Å². The van der Waals surface area contributed by atoms with Gasteiger partial charge in [-0.2, -0.15) is 0 Å². The zero-order valence-electron chi connectivity index (χ0n) is 9.20. The molecule has 0 saturated carbocycles. The Labute approximate surface area is 116 Å². The Balaban J connectivity index is 2.10. The molecule has 6 heteroatoms. The quantitative estimate of drug-likeness (QED) is 0.805. The van der Waals surface area contributed by atoms with Crippen LogP contribution >= 0.6 is 35.4 Å². The number of hydrogen-bond donors (Lipinski definition) is 1. The van der Waals surface area contributed by atoms with Crippen molar-refractivity contribution in [1.82, 2.24) is 4.90 Å². The molecule has 1 aromatic carbocycles. The first-order chi connectivity index (χ1) is 8.09. The Morgan fingerprint density at radius 2 is 1.82 bits per heavy atom. The van der Waals surface area contributed by atoms with Gasteiger partial charge in [-0.25, -0.2) is 0 Å². The molecule has 17 heavy (non-hydrogen) atoms. The molecule has 1 heterocycles. The number of benzene rings is 1. The second kappa shape index (κ2) is 5.29. The second-order valence-corrected chi connectivity index (χ2v) is 5.09. The minimum absolute atomic E-state index is 0.460. The van der Waals surface area contributed by atoms with Crippen molar-refractivity contribution in [3.05, 3.63) is 28.2 Å². The van der Waals surface area contributed by atoms with Gasteiger partial charge in [0.15, 0.2) is 5.11 Å². The molecule has 0 bridgehead atoms. The minimum Gasteiger partial charge on any atom is -0.376 e. The van der Waals surface area contributed by atoms with Gasteiger partial charge in [0.2, 0.25) is 0 Å². The van der Waals surface area contributed by atoms with E-state index in [1.807, 2.05) is 17.0 Å². The van der Waals surface area contributed by atoms with Crippen LogP contribution in [0.4, 0.5) is 5.69 Å². The van der Waals surface area contributed by atoms with Crippen LogP contribution in [0.1, 0.15) is 0 Å². The number of anilines is 1. The normalized spacial score (nSPS) is 16.1. The third-order valence-electron chi connectivity index (χ3n) is 2.86. The topological polar surface area (TPSA) is 32.5 Å². The van der Waals surface area contributed by atoms with E-state index in [9.17, 15) is 0 Å². The maximum atomic E-state index is 6.19. The van der Waals surface area contributed by atoms with Crippen LogP contribution in [0.5, 0.6) is 0 Å². The smallest absolute Gasteiger partial charge is 0.166 e. The molecule has 0 radical (unpaired) electrons. The van der Waals surface area contributed by atoms with Gasteiger partial charge >= 0.3 is 0 Å². The van der Waals surface area contributed by atoms with Gasteiger partial charge in [-0.05, 0) is 24.4 Å². The number of hydrogen-bond acceptors (Lipinski definition) is 2. The molecule has 1 aliphatic rings. The monoisotopic (exact) mass is 289 g/mol. The highest BCUT2D eigenvalue weighted by molar-refractivity contribution is 7.80. The Morgan fingerprint density at radius 3 is 2.41 bits per heavy atom. The van der Waals surface area contributed by atoms with Gasteiger partial charge in [-0.1, -0.05) is 29.3 Å². The van der Waals surface area contributed by atoms with Crippen molar-refractivity contribution in [2.75, 3.05) is 31.1 Å². The van der Waals surface area contributed by atoms with Gasteiger partial charge in [0.25, 0.3) is 0 Å². The summed E-state index contributed by atoms with van der Waals surface area (Å²) in [6.07, 6.45) is 0. The molecule has 0 aliphatic carbocycles. The molecule has 1 fully saturated rings. The summed E-state index contributed by atoms with van der Waals surface area (Å²) >= 11 is 17.1. The van der Waals surface area contributed by atoms with Crippen molar-refractivity contribution < 1.29 is 0 Å². The first-order valence-corrected chi connectivity index (χ1v) is 6.49. The summed E-state index contributed by atoms with van der Waals surface area (Å²) in [6.45, 7) is 3.32. The fourth-order valence-electron chi connectivity index (χ4n) is 1.90. The predicted octanol–water partition coefficient (Wildman–Crippen LogP) is 2.36. The minimum atomic E-state index is 0.460. The predicted molar refractivity (Wildman–Crippen MR) is 77.0 cm³/mol. The number of nitrogens with two attached hydrogens (primary N) is 1. The Kier molecular flexibility index (Phi) is 3.97.